The number of benzene rings is 2. The molecule has 4 rings (SSSR count). The maximum Gasteiger partial charge on any atom is 0.281 e. The van der Waals surface area contributed by atoms with Gasteiger partial charge in [-0.15, -0.1) is 11.3 Å². The van der Waals surface area contributed by atoms with Gasteiger partial charge in [0.25, 0.3) is 5.91 Å². The van der Waals surface area contributed by atoms with Crippen LogP contribution in [-0.4, -0.2) is 16.8 Å². The van der Waals surface area contributed by atoms with Crippen LogP contribution >= 0.6 is 11.3 Å². The molecule has 0 saturated heterocycles. The largest absolute Gasteiger partial charge is 0.281 e. The van der Waals surface area contributed by atoms with Crippen LogP contribution in [-0.2, 0) is 10.2 Å². The number of hydrazine groups is 1. The first-order valence-electron chi connectivity index (χ1n) is 8.79. The molecule has 2 amide bonds. The first-order valence-corrected chi connectivity index (χ1v) is 9.61. The Hall–Kier alpha value is -2.99. The van der Waals surface area contributed by atoms with Crippen LogP contribution in [0.2, 0.25) is 0 Å². The fraction of sp³-hybridized carbons (Fsp3) is 0.190. The standard InChI is InChI=1S/C21H19N3O2S/c1-14-17(27-19(22-14)15-8-4-2-5-9-15)18(25)23-24-20(26)21(12-13-21)16-10-6-3-7-11-16/h2-11H,12-13H2,1H3,(H,23,25)(H,24,26). The monoisotopic (exact) mass is 377 g/mol. The maximum absolute atomic E-state index is 12.6. The molecule has 0 unspecified atom stereocenters. The van der Waals surface area contributed by atoms with E-state index in [4.69, 9.17) is 0 Å². The van der Waals surface area contributed by atoms with E-state index in [9.17, 15) is 9.59 Å². The predicted molar refractivity (Wildman–Crippen MR) is 105 cm³/mol. The molecule has 0 bridgehead atoms. The fourth-order valence-corrected chi connectivity index (χ4v) is 4.10. The molecule has 1 aromatic heterocycles. The maximum atomic E-state index is 12.6. The van der Waals surface area contributed by atoms with Crippen molar-refractivity contribution in [3.8, 4) is 10.6 Å². The van der Waals surface area contributed by atoms with Gasteiger partial charge < -0.3 is 0 Å². The Bertz CT molecular complexity index is 979. The van der Waals surface area contributed by atoms with E-state index in [2.05, 4.69) is 15.8 Å². The molecule has 0 atom stereocenters. The van der Waals surface area contributed by atoms with E-state index >= 15 is 0 Å². The molecule has 2 N–H and O–H groups in total. The minimum Gasteiger partial charge on any atom is -0.272 e. The van der Waals surface area contributed by atoms with Crippen molar-refractivity contribution in [3.05, 3.63) is 76.8 Å². The van der Waals surface area contributed by atoms with Crippen molar-refractivity contribution >= 4 is 23.2 Å². The zero-order chi connectivity index (χ0) is 18.9. The first kappa shape index (κ1) is 17.4. The van der Waals surface area contributed by atoms with Gasteiger partial charge >= 0.3 is 0 Å². The fourth-order valence-electron chi connectivity index (χ4n) is 3.13. The van der Waals surface area contributed by atoms with Gasteiger partial charge in [0.1, 0.15) is 9.88 Å². The summed E-state index contributed by atoms with van der Waals surface area (Å²) in [5.41, 5.74) is 7.23. The number of rotatable bonds is 4. The lowest BCUT2D eigenvalue weighted by atomic mass is 9.95. The second-order valence-corrected chi connectivity index (χ2v) is 7.66. The topological polar surface area (TPSA) is 71.1 Å². The lowest BCUT2D eigenvalue weighted by molar-refractivity contribution is -0.124. The molecule has 1 fully saturated rings. The van der Waals surface area contributed by atoms with E-state index in [0.29, 0.717) is 10.6 Å². The Kier molecular flexibility index (Phi) is 4.49. The quantitative estimate of drug-likeness (QED) is 0.683. The highest BCUT2D eigenvalue weighted by molar-refractivity contribution is 7.17. The average molecular weight is 377 g/mol. The van der Waals surface area contributed by atoms with Gasteiger partial charge in [0, 0.05) is 5.56 Å². The first-order chi connectivity index (χ1) is 13.1. The molecule has 1 aliphatic rings. The molecule has 0 radical (unpaired) electrons. The van der Waals surface area contributed by atoms with Gasteiger partial charge in [-0.2, -0.15) is 0 Å². The van der Waals surface area contributed by atoms with Crippen molar-refractivity contribution < 1.29 is 9.59 Å². The Labute approximate surface area is 161 Å². The van der Waals surface area contributed by atoms with Crippen LogP contribution in [0.4, 0.5) is 0 Å². The zero-order valence-electron chi connectivity index (χ0n) is 14.9. The molecule has 1 saturated carbocycles. The highest BCUT2D eigenvalue weighted by Gasteiger charge is 2.51. The Morgan fingerprint density at radius 1 is 0.963 bits per heavy atom. The molecule has 136 valence electrons. The predicted octanol–water partition coefficient (Wildman–Crippen LogP) is 3.61. The number of hydrogen-bond donors (Lipinski definition) is 2. The van der Waals surface area contributed by atoms with E-state index < -0.39 is 5.41 Å². The SMILES string of the molecule is Cc1nc(-c2ccccc2)sc1C(=O)NNC(=O)C1(c2ccccc2)CC1. The van der Waals surface area contributed by atoms with E-state index in [-0.39, 0.29) is 11.8 Å². The van der Waals surface area contributed by atoms with Crippen molar-refractivity contribution in [2.45, 2.75) is 25.2 Å². The van der Waals surface area contributed by atoms with Gasteiger partial charge in [0.15, 0.2) is 0 Å². The van der Waals surface area contributed by atoms with Crippen molar-refractivity contribution in [3.63, 3.8) is 0 Å². The summed E-state index contributed by atoms with van der Waals surface area (Å²) in [6, 6.07) is 19.4. The molecule has 2 aromatic carbocycles. The molecular formula is C21H19N3O2S. The number of carbonyl (C=O) groups is 2. The van der Waals surface area contributed by atoms with E-state index in [1.807, 2.05) is 60.7 Å². The van der Waals surface area contributed by atoms with Crippen LogP contribution in [0.3, 0.4) is 0 Å². The van der Waals surface area contributed by atoms with Gasteiger partial charge in [-0.1, -0.05) is 60.7 Å². The molecule has 3 aromatic rings. The van der Waals surface area contributed by atoms with E-state index in [1.165, 1.54) is 11.3 Å². The number of hydrogen-bond acceptors (Lipinski definition) is 4. The van der Waals surface area contributed by atoms with E-state index in [0.717, 1.165) is 29.0 Å². The number of aryl methyl sites for hydroxylation is 1. The number of carbonyl (C=O) groups excluding carboxylic acids is 2. The minimum atomic E-state index is -0.521. The zero-order valence-corrected chi connectivity index (χ0v) is 15.7. The number of nitrogens with zero attached hydrogens (tertiary/aromatic N) is 1. The second-order valence-electron chi connectivity index (χ2n) is 6.66. The highest BCUT2D eigenvalue weighted by atomic mass is 32.1. The molecule has 1 aliphatic carbocycles. The number of thiazole rings is 1. The molecule has 0 spiro atoms. The van der Waals surface area contributed by atoms with Crippen molar-refractivity contribution in [1.82, 2.24) is 15.8 Å². The Morgan fingerprint density at radius 3 is 2.22 bits per heavy atom. The second kappa shape index (κ2) is 6.96. The average Bonchev–Trinajstić information content (AvgIpc) is 3.44. The lowest BCUT2D eigenvalue weighted by Gasteiger charge is -2.16. The van der Waals surface area contributed by atoms with Crippen molar-refractivity contribution in [2.24, 2.45) is 0 Å². The van der Waals surface area contributed by atoms with Gasteiger partial charge in [-0.3, -0.25) is 20.4 Å². The minimum absolute atomic E-state index is 0.174. The third-order valence-electron chi connectivity index (χ3n) is 4.82. The van der Waals surface area contributed by atoms with Gasteiger partial charge in [0.05, 0.1) is 11.1 Å². The summed E-state index contributed by atoms with van der Waals surface area (Å²) < 4.78 is 0. The number of amides is 2. The van der Waals surface area contributed by atoms with Crippen LogP contribution in [0.15, 0.2) is 60.7 Å². The summed E-state index contributed by atoms with van der Waals surface area (Å²) in [6.07, 6.45) is 1.58. The van der Waals surface area contributed by atoms with Crippen molar-refractivity contribution in [2.75, 3.05) is 0 Å². The highest BCUT2D eigenvalue weighted by Crippen LogP contribution is 2.48. The molecule has 0 aliphatic heterocycles. The molecule has 27 heavy (non-hydrogen) atoms. The Balaban J connectivity index is 1.45. The summed E-state index contributed by atoms with van der Waals surface area (Å²) in [6.45, 7) is 1.80. The summed E-state index contributed by atoms with van der Waals surface area (Å²) in [5.74, 6) is -0.517. The third kappa shape index (κ3) is 3.36. The van der Waals surface area contributed by atoms with Gasteiger partial charge in [0.2, 0.25) is 5.91 Å². The third-order valence-corrected chi connectivity index (χ3v) is 6.03. The van der Waals surface area contributed by atoms with Crippen LogP contribution in [0.5, 0.6) is 0 Å². The van der Waals surface area contributed by atoms with E-state index in [1.54, 1.807) is 6.92 Å². The van der Waals surface area contributed by atoms with Gasteiger partial charge in [-0.25, -0.2) is 4.98 Å². The summed E-state index contributed by atoms with van der Waals surface area (Å²) in [7, 11) is 0. The summed E-state index contributed by atoms with van der Waals surface area (Å²) >= 11 is 1.32. The molecule has 5 nitrogen and oxygen atoms in total. The number of nitrogens with one attached hydrogen (secondary N) is 2. The van der Waals surface area contributed by atoms with Crippen LogP contribution in [0.25, 0.3) is 10.6 Å². The summed E-state index contributed by atoms with van der Waals surface area (Å²) in [4.78, 5) is 30.2. The Morgan fingerprint density at radius 2 is 1.59 bits per heavy atom. The summed E-state index contributed by atoms with van der Waals surface area (Å²) in [5, 5.41) is 0.785. The smallest absolute Gasteiger partial charge is 0.272 e. The molecular weight excluding hydrogens is 358 g/mol. The van der Waals surface area contributed by atoms with Crippen molar-refractivity contribution in [1.29, 1.82) is 0 Å². The van der Waals surface area contributed by atoms with Crippen LogP contribution < -0.4 is 10.9 Å². The number of aromatic nitrogens is 1. The van der Waals surface area contributed by atoms with Crippen LogP contribution in [0, 0.1) is 6.92 Å². The lowest BCUT2D eigenvalue weighted by Crippen LogP contribution is -2.46. The normalized spacial score (nSPS) is 14.4. The van der Waals surface area contributed by atoms with Gasteiger partial charge in [-0.05, 0) is 25.3 Å². The molecule has 1 heterocycles. The molecule has 6 heteroatoms. The van der Waals surface area contributed by atoms with Crippen LogP contribution in [0.1, 0.15) is 33.8 Å².